The number of carbonyl (C=O) groups is 2. The number of imide groups is 1. The van der Waals surface area contributed by atoms with Gasteiger partial charge in [-0.2, -0.15) is 0 Å². The summed E-state index contributed by atoms with van der Waals surface area (Å²) in [6.45, 7) is 3.27. The third kappa shape index (κ3) is 2.27. The Balaban J connectivity index is 1.68. The van der Waals surface area contributed by atoms with E-state index in [-0.39, 0.29) is 17.9 Å². The molecule has 3 aliphatic heterocycles. The largest absolute Gasteiger partial charge is 0.314 e. The zero-order valence-electron chi connectivity index (χ0n) is 12.5. The second kappa shape index (κ2) is 5.45. The fraction of sp³-hybridized carbons (Fsp3) is 0.867. The maximum Gasteiger partial charge on any atom is 0.246 e. The zero-order chi connectivity index (χ0) is 14.3. The summed E-state index contributed by atoms with van der Waals surface area (Å²) in [7, 11) is 1.61. The Kier molecular flexibility index (Phi) is 3.82. The van der Waals surface area contributed by atoms with E-state index in [4.69, 9.17) is 0 Å². The highest BCUT2D eigenvalue weighted by Gasteiger charge is 2.49. The van der Waals surface area contributed by atoms with Gasteiger partial charge in [0.2, 0.25) is 11.8 Å². The number of rotatable bonds is 4. The van der Waals surface area contributed by atoms with Crippen LogP contribution < -0.4 is 5.32 Å². The minimum absolute atomic E-state index is 0.00636. The van der Waals surface area contributed by atoms with E-state index in [2.05, 4.69) is 17.1 Å². The zero-order valence-corrected chi connectivity index (χ0v) is 12.5. The second-order valence-corrected chi connectivity index (χ2v) is 6.47. The molecule has 0 saturated carbocycles. The second-order valence-electron chi connectivity index (χ2n) is 6.47. The van der Waals surface area contributed by atoms with Gasteiger partial charge in [-0.25, -0.2) is 0 Å². The first-order valence-electron chi connectivity index (χ1n) is 7.93. The minimum Gasteiger partial charge on any atom is -0.314 e. The molecule has 0 aromatic rings. The van der Waals surface area contributed by atoms with Crippen LogP contribution in [0.15, 0.2) is 0 Å². The Hall–Kier alpha value is -0.940. The number of likely N-dealkylation sites (N-methyl/N-ethyl adjacent to an activating group) is 1. The summed E-state index contributed by atoms with van der Waals surface area (Å²) in [6.07, 6.45) is 6.15. The standard InChI is InChI=1S/C15H25N3O2/c1-3-6-16-10-7-11-4-5-12(8-10)18(11)13-9-14(19)17(2)15(13)20/h10-13,16H,3-9H2,1-2H3. The fourth-order valence-corrected chi connectivity index (χ4v) is 4.21. The molecule has 112 valence electrons. The van der Waals surface area contributed by atoms with Crippen molar-refractivity contribution in [2.75, 3.05) is 13.6 Å². The van der Waals surface area contributed by atoms with Gasteiger partial charge >= 0.3 is 0 Å². The molecule has 3 saturated heterocycles. The van der Waals surface area contributed by atoms with Gasteiger partial charge in [0, 0.05) is 25.2 Å². The first-order chi connectivity index (χ1) is 9.61. The maximum absolute atomic E-state index is 12.2. The lowest BCUT2D eigenvalue weighted by molar-refractivity contribution is -0.138. The Labute approximate surface area is 120 Å². The fourth-order valence-electron chi connectivity index (χ4n) is 4.21. The molecule has 0 aromatic carbocycles. The van der Waals surface area contributed by atoms with Crippen LogP contribution in [0.4, 0.5) is 0 Å². The molecule has 0 spiro atoms. The van der Waals surface area contributed by atoms with Crippen LogP contribution in [0.25, 0.3) is 0 Å². The molecule has 1 N–H and O–H groups in total. The van der Waals surface area contributed by atoms with Crippen LogP contribution in [-0.4, -0.2) is 59.4 Å². The van der Waals surface area contributed by atoms with E-state index < -0.39 is 0 Å². The van der Waals surface area contributed by atoms with Crippen molar-refractivity contribution in [1.82, 2.24) is 15.1 Å². The maximum atomic E-state index is 12.2. The quantitative estimate of drug-likeness (QED) is 0.771. The Morgan fingerprint density at radius 3 is 2.35 bits per heavy atom. The number of hydrogen-bond acceptors (Lipinski definition) is 4. The van der Waals surface area contributed by atoms with E-state index >= 15 is 0 Å². The lowest BCUT2D eigenvalue weighted by atomic mass is 9.94. The topological polar surface area (TPSA) is 52.7 Å². The van der Waals surface area contributed by atoms with Gasteiger partial charge in [-0.05, 0) is 38.6 Å². The molecule has 3 unspecified atom stereocenters. The number of hydrogen-bond donors (Lipinski definition) is 1. The van der Waals surface area contributed by atoms with Crippen LogP contribution in [0.5, 0.6) is 0 Å². The first-order valence-corrected chi connectivity index (χ1v) is 7.93. The monoisotopic (exact) mass is 279 g/mol. The summed E-state index contributed by atoms with van der Waals surface area (Å²) in [4.78, 5) is 27.7. The summed E-state index contributed by atoms with van der Waals surface area (Å²) in [6, 6.07) is 1.37. The highest BCUT2D eigenvalue weighted by molar-refractivity contribution is 6.05. The summed E-state index contributed by atoms with van der Waals surface area (Å²) in [5.74, 6) is -0.0162. The number of nitrogens with one attached hydrogen (secondary N) is 1. The molecule has 3 rings (SSSR count). The predicted octanol–water partition coefficient (Wildman–Crippen LogP) is 0.739. The van der Waals surface area contributed by atoms with Crippen LogP contribution in [0, 0.1) is 0 Å². The van der Waals surface area contributed by atoms with E-state index in [0.29, 0.717) is 24.5 Å². The molecule has 5 heteroatoms. The van der Waals surface area contributed by atoms with Crippen LogP contribution in [-0.2, 0) is 9.59 Å². The van der Waals surface area contributed by atoms with Crippen LogP contribution in [0.1, 0.15) is 45.4 Å². The molecule has 3 atom stereocenters. The van der Waals surface area contributed by atoms with E-state index in [9.17, 15) is 9.59 Å². The number of likely N-dealkylation sites (tertiary alicyclic amines) is 1. The van der Waals surface area contributed by atoms with Gasteiger partial charge in [0.05, 0.1) is 12.5 Å². The predicted molar refractivity (Wildman–Crippen MR) is 76.1 cm³/mol. The molecule has 3 fully saturated rings. The molecule has 20 heavy (non-hydrogen) atoms. The SMILES string of the molecule is CCCNC1CC2CCC(C1)N2C1CC(=O)N(C)C1=O. The summed E-state index contributed by atoms with van der Waals surface area (Å²) >= 11 is 0. The highest BCUT2D eigenvalue weighted by Crippen LogP contribution is 2.39. The van der Waals surface area contributed by atoms with Gasteiger partial charge in [-0.1, -0.05) is 6.92 Å². The number of fused-ring (bicyclic) bond motifs is 2. The van der Waals surface area contributed by atoms with Crippen molar-refractivity contribution in [3.8, 4) is 0 Å². The van der Waals surface area contributed by atoms with E-state index in [1.807, 2.05) is 0 Å². The van der Waals surface area contributed by atoms with E-state index in [0.717, 1.165) is 25.8 Å². The molecule has 0 radical (unpaired) electrons. The van der Waals surface area contributed by atoms with E-state index in [1.54, 1.807) is 7.05 Å². The Morgan fingerprint density at radius 1 is 1.20 bits per heavy atom. The Bertz CT molecular complexity index is 398. The summed E-state index contributed by atoms with van der Waals surface area (Å²) in [5, 5.41) is 3.62. The summed E-state index contributed by atoms with van der Waals surface area (Å²) < 4.78 is 0. The van der Waals surface area contributed by atoms with Gasteiger partial charge in [0.15, 0.2) is 0 Å². The third-order valence-electron chi connectivity index (χ3n) is 5.19. The third-order valence-corrected chi connectivity index (χ3v) is 5.19. The summed E-state index contributed by atoms with van der Waals surface area (Å²) in [5.41, 5.74) is 0. The van der Waals surface area contributed by atoms with Crippen molar-refractivity contribution in [1.29, 1.82) is 0 Å². The Morgan fingerprint density at radius 2 is 1.85 bits per heavy atom. The number of amides is 2. The molecule has 2 bridgehead atoms. The van der Waals surface area contributed by atoms with Crippen molar-refractivity contribution in [3.05, 3.63) is 0 Å². The molecule has 0 aliphatic carbocycles. The molecule has 0 aromatic heterocycles. The average molecular weight is 279 g/mol. The van der Waals surface area contributed by atoms with E-state index in [1.165, 1.54) is 17.7 Å². The average Bonchev–Trinajstić information content (AvgIpc) is 2.84. The van der Waals surface area contributed by atoms with Gasteiger partial charge in [-0.3, -0.25) is 19.4 Å². The molecule has 3 heterocycles. The van der Waals surface area contributed by atoms with Crippen molar-refractivity contribution < 1.29 is 9.59 Å². The minimum atomic E-state index is -0.183. The molecular weight excluding hydrogens is 254 g/mol. The van der Waals surface area contributed by atoms with Crippen molar-refractivity contribution in [2.24, 2.45) is 0 Å². The smallest absolute Gasteiger partial charge is 0.246 e. The lowest BCUT2D eigenvalue weighted by Gasteiger charge is -2.41. The normalized spacial score (nSPS) is 38.0. The van der Waals surface area contributed by atoms with Gasteiger partial charge in [0.1, 0.15) is 0 Å². The van der Waals surface area contributed by atoms with Crippen LogP contribution >= 0.6 is 0 Å². The van der Waals surface area contributed by atoms with Gasteiger partial charge in [-0.15, -0.1) is 0 Å². The first kappa shape index (κ1) is 14.0. The number of piperidine rings is 1. The van der Waals surface area contributed by atoms with Crippen molar-refractivity contribution in [2.45, 2.75) is 69.6 Å². The number of carbonyl (C=O) groups excluding carboxylic acids is 2. The number of nitrogens with zero attached hydrogens (tertiary/aromatic N) is 2. The highest BCUT2D eigenvalue weighted by atomic mass is 16.2. The molecular formula is C15H25N3O2. The van der Waals surface area contributed by atoms with Crippen LogP contribution in [0.3, 0.4) is 0 Å². The van der Waals surface area contributed by atoms with Gasteiger partial charge in [0.25, 0.3) is 0 Å². The van der Waals surface area contributed by atoms with Gasteiger partial charge < -0.3 is 5.32 Å². The molecule has 2 amide bonds. The van der Waals surface area contributed by atoms with Crippen molar-refractivity contribution >= 4 is 11.8 Å². The lowest BCUT2D eigenvalue weighted by Crippen LogP contribution is -2.55. The molecule has 5 nitrogen and oxygen atoms in total. The van der Waals surface area contributed by atoms with Crippen molar-refractivity contribution in [3.63, 3.8) is 0 Å². The molecule has 3 aliphatic rings. The van der Waals surface area contributed by atoms with Crippen LogP contribution in [0.2, 0.25) is 0 Å².